The topological polar surface area (TPSA) is 138 Å². The summed E-state index contributed by atoms with van der Waals surface area (Å²) in [7, 11) is 0. The van der Waals surface area contributed by atoms with Gasteiger partial charge < -0.3 is 19.4 Å². The molecule has 3 aromatic rings. The van der Waals surface area contributed by atoms with Crippen molar-refractivity contribution in [3.8, 4) is 5.75 Å². The van der Waals surface area contributed by atoms with Crippen LogP contribution in [0.1, 0.15) is 50.5 Å². The van der Waals surface area contributed by atoms with E-state index in [1.54, 1.807) is 11.7 Å². The van der Waals surface area contributed by atoms with Crippen molar-refractivity contribution in [2.24, 2.45) is 5.92 Å². The minimum atomic E-state index is -0.299. The molecule has 0 bridgehead atoms. The zero-order chi connectivity index (χ0) is 26.9. The van der Waals surface area contributed by atoms with Crippen molar-refractivity contribution >= 4 is 22.6 Å². The number of aromatic nitrogens is 4. The average molecular weight is 538 g/mol. The molecular formula is C27H35N7O5. The van der Waals surface area contributed by atoms with Crippen LogP contribution >= 0.6 is 0 Å². The number of rotatable bonds is 7. The summed E-state index contributed by atoms with van der Waals surface area (Å²) >= 11 is 0. The summed E-state index contributed by atoms with van der Waals surface area (Å²) in [4.78, 5) is 36.7. The number of aromatic amines is 1. The molecule has 1 amide bonds. The van der Waals surface area contributed by atoms with Gasteiger partial charge in [0.1, 0.15) is 23.1 Å². The quantitative estimate of drug-likeness (QED) is 0.305. The molecule has 3 aliphatic rings. The van der Waals surface area contributed by atoms with E-state index in [2.05, 4.69) is 26.8 Å². The van der Waals surface area contributed by atoms with E-state index in [0.717, 1.165) is 50.5 Å². The summed E-state index contributed by atoms with van der Waals surface area (Å²) in [5.74, 6) is 1.02. The molecule has 3 fully saturated rings. The van der Waals surface area contributed by atoms with Crippen molar-refractivity contribution in [1.82, 2.24) is 30.1 Å². The van der Waals surface area contributed by atoms with E-state index < -0.39 is 0 Å². The van der Waals surface area contributed by atoms with Gasteiger partial charge in [0, 0.05) is 51.0 Å². The van der Waals surface area contributed by atoms with Crippen LogP contribution < -0.4 is 20.7 Å². The number of ether oxygens (including phenoxy) is 2. The number of nitrogens with one attached hydrogen (secondary N) is 2. The predicted octanol–water partition coefficient (Wildman–Crippen LogP) is 2.02. The van der Waals surface area contributed by atoms with E-state index in [0.29, 0.717) is 42.9 Å². The van der Waals surface area contributed by atoms with Gasteiger partial charge >= 0.3 is 0 Å². The second-order valence-electron chi connectivity index (χ2n) is 10.7. The Morgan fingerprint density at radius 1 is 1.15 bits per heavy atom. The van der Waals surface area contributed by atoms with Crippen LogP contribution in [0.2, 0.25) is 0 Å². The van der Waals surface area contributed by atoms with Gasteiger partial charge in [-0.05, 0) is 56.9 Å². The Morgan fingerprint density at radius 3 is 2.56 bits per heavy atom. The molecule has 3 N–H and O–H groups in total. The zero-order valence-electron chi connectivity index (χ0n) is 22.1. The number of hydrogen-bond acceptors (Lipinski definition) is 9. The maximum absolute atomic E-state index is 12.8. The number of hydrogen-bond donors (Lipinski definition) is 3. The number of anilines is 1. The fourth-order valence-corrected chi connectivity index (χ4v) is 5.80. The minimum Gasteiger partial charge on any atom is -0.488 e. The number of piperidine rings is 1. The largest absolute Gasteiger partial charge is 0.488 e. The van der Waals surface area contributed by atoms with Crippen LogP contribution in [0, 0.1) is 5.92 Å². The molecule has 0 aliphatic carbocycles. The Balaban J connectivity index is 1.04. The number of H-pyrrole nitrogens is 1. The molecule has 3 aliphatic heterocycles. The van der Waals surface area contributed by atoms with E-state index >= 15 is 0 Å². The monoisotopic (exact) mass is 537 g/mol. The van der Waals surface area contributed by atoms with Crippen molar-refractivity contribution in [2.45, 2.75) is 50.8 Å². The van der Waals surface area contributed by atoms with Gasteiger partial charge in [0.25, 0.3) is 5.56 Å². The zero-order valence-corrected chi connectivity index (χ0v) is 22.1. The lowest BCUT2D eigenvalue weighted by molar-refractivity contribution is -0.134. The van der Waals surface area contributed by atoms with Crippen molar-refractivity contribution in [3.05, 3.63) is 46.6 Å². The summed E-state index contributed by atoms with van der Waals surface area (Å²) in [6.45, 7) is 6.46. The molecule has 3 saturated heterocycles. The number of carbonyl (C=O) groups is 1. The lowest BCUT2D eigenvalue weighted by atomic mass is 9.96. The lowest BCUT2D eigenvalue weighted by Gasteiger charge is -2.42. The average Bonchev–Trinajstić information content (AvgIpc) is 3.39. The molecule has 0 spiro atoms. The lowest BCUT2D eigenvalue weighted by Crippen LogP contribution is -2.54. The fraction of sp³-hybridized carbons (Fsp3) is 0.556. The fourth-order valence-electron chi connectivity index (χ4n) is 5.80. The van der Waals surface area contributed by atoms with E-state index in [4.69, 9.17) is 19.7 Å². The number of nitrogens with zero attached hydrogens (tertiary/aromatic N) is 5. The number of hydroxylamine groups is 1. The van der Waals surface area contributed by atoms with Gasteiger partial charge in [-0.15, -0.1) is 0 Å². The number of fused-ring (bicyclic) bond motifs is 1. The van der Waals surface area contributed by atoms with Crippen molar-refractivity contribution in [3.63, 3.8) is 0 Å². The Labute approximate surface area is 225 Å². The molecule has 5 heterocycles. The Kier molecular flexibility index (Phi) is 7.24. The van der Waals surface area contributed by atoms with Gasteiger partial charge in [-0.3, -0.25) is 19.7 Å². The maximum atomic E-state index is 12.8. The maximum Gasteiger partial charge on any atom is 0.262 e. The summed E-state index contributed by atoms with van der Waals surface area (Å²) in [6.07, 6.45) is 4.84. The summed E-state index contributed by atoms with van der Waals surface area (Å²) in [5, 5.41) is 13.8. The molecule has 1 atom stereocenters. The number of carbonyl (C=O) groups excluding carboxylic acids is 1. The number of likely N-dealkylation sites (tertiary alicyclic amines) is 1. The van der Waals surface area contributed by atoms with Crippen LogP contribution in [0.15, 0.2) is 35.3 Å². The molecule has 12 heteroatoms. The minimum absolute atomic E-state index is 0.0572. The standard InChI is InChI=1S/C27H35N7O5/c1-17(24-29-25-23(27(36)30-24)14-28-34(25)20-8-12-38-13-9-20)33-15-22(16-33)39-21-4-2-19(3-5-21)32-10-6-18(7-11-32)26(35)31-37/h2-5,14,17-18,20,22,37H,6-13,15-16H2,1H3,(H,31,35)(H,29,30,36). The molecule has 12 nitrogen and oxygen atoms in total. The normalized spacial score (nSPS) is 20.6. The highest BCUT2D eigenvalue weighted by molar-refractivity contribution is 5.77. The summed E-state index contributed by atoms with van der Waals surface area (Å²) in [6, 6.07) is 8.20. The highest BCUT2D eigenvalue weighted by Crippen LogP contribution is 2.30. The number of benzene rings is 1. The van der Waals surface area contributed by atoms with Crippen molar-refractivity contribution in [1.29, 1.82) is 0 Å². The highest BCUT2D eigenvalue weighted by atomic mass is 16.5. The molecule has 1 unspecified atom stereocenters. The summed E-state index contributed by atoms with van der Waals surface area (Å²) in [5.41, 5.74) is 3.34. The molecule has 1 aromatic carbocycles. The first kappa shape index (κ1) is 25.8. The van der Waals surface area contributed by atoms with Gasteiger partial charge in [-0.25, -0.2) is 15.1 Å². The second-order valence-corrected chi connectivity index (χ2v) is 10.7. The van der Waals surface area contributed by atoms with Gasteiger partial charge in [0.05, 0.1) is 18.3 Å². The van der Waals surface area contributed by atoms with E-state index in [9.17, 15) is 9.59 Å². The van der Waals surface area contributed by atoms with E-state index in [-0.39, 0.29) is 35.6 Å². The summed E-state index contributed by atoms with van der Waals surface area (Å²) < 4.78 is 13.6. The molecule has 39 heavy (non-hydrogen) atoms. The van der Waals surface area contributed by atoms with Crippen LogP contribution in [0.5, 0.6) is 5.75 Å². The van der Waals surface area contributed by atoms with Crippen LogP contribution in [0.3, 0.4) is 0 Å². The first-order valence-electron chi connectivity index (χ1n) is 13.7. The van der Waals surface area contributed by atoms with Crippen molar-refractivity contribution in [2.75, 3.05) is 44.3 Å². The smallest absolute Gasteiger partial charge is 0.262 e. The predicted molar refractivity (Wildman–Crippen MR) is 143 cm³/mol. The van der Waals surface area contributed by atoms with Gasteiger partial charge in [-0.2, -0.15) is 5.10 Å². The van der Waals surface area contributed by atoms with E-state index in [1.165, 1.54) is 0 Å². The first-order valence-corrected chi connectivity index (χ1v) is 13.7. The first-order chi connectivity index (χ1) is 19.0. The Hall–Kier alpha value is -3.48. The Morgan fingerprint density at radius 2 is 1.87 bits per heavy atom. The molecule has 0 saturated carbocycles. The molecule has 0 radical (unpaired) electrons. The van der Waals surface area contributed by atoms with Crippen LogP contribution in [-0.2, 0) is 9.53 Å². The molecular weight excluding hydrogens is 502 g/mol. The van der Waals surface area contributed by atoms with Gasteiger partial charge in [0.2, 0.25) is 5.91 Å². The third-order valence-electron chi connectivity index (χ3n) is 8.32. The Bertz CT molecular complexity index is 1350. The van der Waals surface area contributed by atoms with Crippen LogP contribution in [0.25, 0.3) is 11.0 Å². The van der Waals surface area contributed by atoms with Gasteiger partial charge in [-0.1, -0.05) is 0 Å². The van der Waals surface area contributed by atoms with Crippen molar-refractivity contribution < 1.29 is 19.5 Å². The number of amides is 1. The third kappa shape index (κ3) is 5.23. The van der Waals surface area contributed by atoms with E-state index in [1.807, 2.05) is 28.9 Å². The van der Waals surface area contributed by atoms with Gasteiger partial charge in [0.15, 0.2) is 5.65 Å². The molecule has 2 aromatic heterocycles. The highest BCUT2D eigenvalue weighted by Gasteiger charge is 2.34. The molecule has 6 rings (SSSR count). The van der Waals surface area contributed by atoms with Crippen LogP contribution in [0.4, 0.5) is 5.69 Å². The van der Waals surface area contributed by atoms with Crippen LogP contribution in [-0.4, -0.2) is 81.3 Å². The SMILES string of the molecule is CC(c1nc2c(cnn2C2CCOCC2)c(=O)[nH]1)N1CC(Oc2ccc(N3CCC(C(=O)NO)CC3)cc2)C1. The third-order valence-corrected chi connectivity index (χ3v) is 8.32. The molecule has 208 valence electrons. The second kappa shape index (κ2) is 10.9.